The number of nitrogens with two attached hydrogens (primary N) is 1. The van der Waals surface area contributed by atoms with Gasteiger partial charge in [0.1, 0.15) is 5.75 Å². The maximum Gasteiger partial charge on any atom is 0.129 e. The Morgan fingerprint density at radius 3 is 2.35 bits per heavy atom. The zero-order chi connectivity index (χ0) is 17.1. The highest BCUT2D eigenvalue weighted by molar-refractivity contribution is 5.85. The third-order valence-corrected chi connectivity index (χ3v) is 4.82. The summed E-state index contributed by atoms with van der Waals surface area (Å²) in [6, 6.07) is 20.7. The number of hydrogen-bond acceptors (Lipinski definition) is 3. The number of para-hydroxylation sites is 2. The summed E-state index contributed by atoms with van der Waals surface area (Å²) in [6.45, 7) is 0. The van der Waals surface area contributed by atoms with Crippen molar-refractivity contribution in [3.8, 4) is 22.7 Å². The van der Waals surface area contributed by atoms with E-state index in [9.17, 15) is 0 Å². The van der Waals surface area contributed by atoms with Gasteiger partial charge in [0.25, 0.3) is 0 Å². The maximum absolute atomic E-state index is 6.35. The molecule has 5 heteroatoms. The predicted octanol–water partition coefficient (Wildman–Crippen LogP) is 4.61. The highest BCUT2D eigenvalue weighted by atomic mass is 35.5. The summed E-state index contributed by atoms with van der Waals surface area (Å²) in [7, 11) is 0. The highest BCUT2D eigenvalue weighted by Crippen LogP contribution is 2.33. The van der Waals surface area contributed by atoms with Crippen LogP contribution in [0.1, 0.15) is 25.7 Å². The van der Waals surface area contributed by atoms with E-state index in [-0.39, 0.29) is 18.5 Å². The van der Waals surface area contributed by atoms with Gasteiger partial charge in [0.05, 0.1) is 23.7 Å². The molecule has 1 heterocycles. The lowest BCUT2D eigenvalue weighted by molar-refractivity contribution is 0.148. The Morgan fingerprint density at radius 1 is 0.885 bits per heavy atom. The smallest absolute Gasteiger partial charge is 0.129 e. The van der Waals surface area contributed by atoms with E-state index in [1.54, 1.807) is 0 Å². The Balaban J connectivity index is 0.00000196. The molecule has 0 spiro atoms. The average molecular weight is 370 g/mol. The SMILES string of the molecule is Cl.NC1CCC(Oc2ccccc2-c2ccnn2-c2ccccc2)CC1. The zero-order valence-electron chi connectivity index (χ0n) is 14.6. The van der Waals surface area contributed by atoms with Crippen LogP contribution in [0.2, 0.25) is 0 Å². The van der Waals surface area contributed by atoms with Crippen LogP contribution in [0.3, 0.4) is 0 Å². The van der Waals surface area contributed by atoms with E-state index in [2.05, 4.69) is 23.3 Å². The van der Waals surface area contributed by atoms with Crippen molar-refractivity contribution in [2.75, 3.05) is 0 Å². The van der Waals surface area contributed by atoms with E-state index in [1.807, 2.05) is 53.3 Å². The summed E-state index contributed by atoms with van der Waals surface area (Å²) in [5, 5.41) is 4.51. The van der Waals surface area contributed by atoms with Gasteiger partial charge < -0.3 is 10.5 Å². The van der Waals surface area contributed by atoms with Crippen LogP contribution in [0.4, 0.5) is 0 Å². The third-order valence-electron chi connectivity index (χ3n) is 4.82. The molecule has 0 aliphatic heterocycles. The standard InChI is InChI=1S/C21H23N3O.ClH/c22-16-10-12-18(13-11-16)25-21-9-5-4-8-19(21)20-14-15-23-24(20)17-6-2-1-3-7-17;/h1-9,14-16,18H,10-13,22H2;1H. The van der Waals surface area contributed by atoms with Gasteiger partial charge in [-0.3, -0.25) is 0 Å². The lowest BCUT2D eigenvalue weighted by atomic mass is 9.93. The average Bonchev–Trinajstić information content (AvgIpc) is 3.14. The largest absolute Gasteiger partial charge is 0.490 e. The second kappa shape index (κ2) is 8.39. The summed E-state index contributed by atoms with van der Waals surface area (Å²) >= 11 is 0. The molecule has 0 bridgehead atoms. The Labute approximate surface area is 160 Å². The van der Waals surface area contributed by atoms with E-state index in [0.717, 1.165) is 48.4 Å². The molecular formula is C21H24ClN3O. The number of aromatic nitrogens is 2. The quantitative estimate of drug-likeness (QED) is 0.730. The number of benzene rings is 2. The fraction of sp³-hybridized carbons (Fsp3) is 0.286. The normalized spacial score (nSPS) is 19.6. The molecule has 1 aliphatic carbocycles. The molecule has 1 aliphatic rings. The number of halogens is 1. The van der Waals surface area contributed by atoms with E-state index in [1.165, 1.54) is 0 Å². The van der Waals surface area contributed by atoms with Crippen molar-refractivity contribution in [3.05, 3.63) is 66.9 Å². The minimum Gasteiger partial charge on any atom is -0.490 e. The molecule has 0 saturated heterocycles. The van der Waals surface area contributed by atoms with Gasteiger partial charge in [-0.05, 0) is 56.0 Å². The van der Waals surface area contributed by atoms with Gasteiger partial charge in [0.15, 0.2) is 0 Å². The van der Waals surface area contributed by atoms with Gasteiger partial charge >= 0.3 is 0 Å². The first-order valence-electron chi connectivity index (χ1n) is 8.92. The Hall–Kier alpha value is -2.30. The summed E-state index contributed by atoms with van der Waals surface area (Å²) in [4.78, 5) is 0. The van der Waals surface area contributed by atoms with Crippen LogP contribution in [0.15, 0.2) is 66.9 Å². The molecule has 136 valence electrons. The molecular weight excluding hydrogens is 346 g/mol. The van der Waals surface area contributed by atoms with Gasteiger partial charge in [-0.15, -0.1) is 12.4 Å². The predicted molar refractivity (Wildman–Crippen MR) is 107 cm³/mol. The van der Waals surface area contributed by atoms with Crippen LogP contribution < -0.4 is 10.5 Å². The molecule has 0 atom stereocenters. The van der Waals surface area contributed by atoms with Crippen molar-refractivity contribution in [1.82, 2.24) is 9.78 Å². The molecule has 4 nitrogen and oxygen atoms in total. The van der Waals surface area contributed by atoms with Crippen molar-refractivity contribution < 1.29 is 4.74 Å². The van der Waals surface area contributed by atoms with E-state index < -0.39 is 0 Å². The van der Waals surface area contributed by atoms with Crippen molar-refractivity contribution in [1.29, 1.82) is 0 Å². The van der Waals surface area contributed by atoms with Gasteiger partial charge in [-0.25, -0.2) is 4.68 Å². The summed E-state index contributed by atoms with van der Waals surface area (Å²) in [5.41, 5.74) is 9.16. The third kappa shape index (κ3) is 3.92. The van der Waals surface area contributed by atoms with Crippen LogP contribution in [-0.2, 0) is 0 Å². The first kappa shape index (κ1) is 18.5. The summed E-state index contributed by atoms with van der Waals surface area (Å²) < 4.78 is 8.31. The number of nitrogens with zero attached hydrogens (tertiary/aromatic N) is 2. The first-order chi connectivity index (χ1) is 12.3. The number of ether oxygens (including phenoxy) is 1. The summed E-state index contributed by atoms with van der Waals surface area (Å²) in [5.74, 6) is 0.917. The zero-order valence-corrected chi connectivity index (χ0v) is 15.4. The van der Waals surface area contributed by atoms with Crippen LogP contribution in [-0.4, -0.2) is 21.9 Å². The second-order valence-electron chi connectivity index (χ2n) is 6.61. The molecule has 2 N–H and O–H groups in total. The van der Waals surface area contributed by atoms with E-state index in [0.29, 0.717) is 6.04 Å². The molecule has 1 fully saturated rings. The molecule has 1 aromatic heterocycles. The molecule has 2 aromatic carbocycles. The van der Waals surface area contributed by atoms with Crippen LogP contribution in [0.5, 0.6) is 5.75 Å². The van der Waals surface area contributed by atoms with Crippen molar-refractivity contribution >= 4 is 12.4 Å². The van der Waals surface area contributed by atoms with Gasteiger partial charge in [-0.1, -0.05) is 30.3 Å². The fourth-order valence-corrected chi connectivity index (χ4v) is 3.45. The topological polar surface area (TPSA) is 53.1 Å². The molecule has 3 aromatic rings. The molecule has 0 unspecified atom stereocenters. The Kier molecular flexibility index (Phi) is 5.96. The highest BCUT2D eigenvalue weighted by Gasteiger charge is 2.21. The fourth-order valence-electron chi connectivity index (χ4n) is 3.45. The second-order valence-corrected chi connectivity index (χ2v) is 6.61. The van der Waals surface area contributed by atoms with Crippen molar-refractivity contribution in [3.63, 3.8) is 0 Å². The number of rotatable bonds is 4. The monoisotopic (exact) mass is 369 g/mol. The molecule has 0 amide bonds. The van der Waals surface area contributed by atoms with Crippen LogP contribution in [0.25, 0.3) is 16.9 Å². The maximum atomic E-state index is 6.35. The van der Waals surface area contributed by atoms with E-state index in [4.69, 9.17) is 10.5 Å². The van der Waals surface area contributed by atoms with Crippen molar-refractivity contribution in [2.45, 2.75) is 37.8 Å². The summed E-state index contributed by atoms with van der Waals surface area (Å²) in [6.07, 6.45) is 6.19. The Bertz CT molecular complexity index is 826. The minimum atomic E-state index is 0. The van der Waals surface area contributed by atoms with Gasteiger partial charge in [0.2, 0.25) is 0 Å². The molecule has 26 heavy (non-hydrogen) atoms. The number of hydrogen-bond donors (Lipinski definition) is 1. The lowest BCUT2D eigenvalue weighted by Gasteiger charge is -2.27. The Morgan fingerprint density at radius 2 is 1.58 bits per heavy atom. The lowest BCUT2D eigenvalue weighted by Crippen LogP contribution is -2.31. The van der Waals surface area contributed by atoms with Crippen molar-refractivity contribution in [2.24, 2.45) is 5.73 Å². The molecule has 1 saturated carbocycles. The van der Waals surface area contributed by atoms with E-state index >= 15 is 0 Å². The molecule has 0 radical (unpaired) electrons. The van der Waals surface area contributed by atoms with Crippen LogP contribution in [0, 0.1) is 0 Å². The van der Waals surface area contributed by atoms with Gasteiger partial charge in [-0.2, -0.15) is 5.10 Å². The van der Waals surface area contributed by atoms with Gasteiger partial charge in [0, 0.05) is 11.6 Å². The molecule has 4 rings (SSSR count). The minimum absolute atomic E-state index is 0. The van der Waals surface area contributed by atoms with Crippen LogP contribution >= 0.6 is 12.4 Å². The first-order valence-corrected chi connectivity index (χ1v) is 8.92.